The van der Waals surface area contributed by atoms with Gasteiger partial charge in [-0.3, -0.25) is 4.79 Å². The Kier molecular flexibility index (Phi) is 5.01. The normalized spacial score (nSPS) is 11.5. The molecule has 0 atom stereocenters. The van der Waals surface area contributed by atoms with Gasteiger partial charge >= 0.3 is 0 Å². The summed E-state index contributed by atoms with van der Waals surface area (Å²) in [5, 5.41) is 7.20. The fraction of sp³-hybridized carbons (Fsp3) is 0.364. The molecule has 1 aromatic carbocycles. The maximum atomic E-state index is 13.6. The van der Waals surface area contributed by atoms with Crippen LogP contribution in [0.25, 0.3) is 0 Å². The van der Waals surface area contributed by atoms with Crippen molar-refractivity contribution in [3.05, 3.63) is 23.8 Å². The van der Waals surface area contributed by atoms with E-state index in [0.29, 0.717) is 0 Å². The Labute approximate surface area is 115 Å². The number of hydrogen-bond acceptors (Lipinski definition) is 4. The van der Waals surface area contributed by atoms with Gasteiger partial charge in [-0.15, -0.1) is 0 Å². The minimum atomic E-state index is -4.37. The zero-order chi connectivity index (χ0) is 15.5. The number of benzene rings is 1. The van der Waals surface area contributed by atoms with Crippen molar-refractivity contribution in [2.75, 3.05) is 6.61 Å². The summed E-state index contributed by atoms with van der Waals surface area (Å²) in [5.74, 6) is -4.26. The topological polar surface area (TPSA) is 98.5 Å². The van der Waals surface area contributed by atoms with Crippen molar-refractivity contribution in [2.24, 2.45) is 5.14 Å². The fourth-order valence-corrected chi connectivity index (χ4v) is 1.95. The predicted octanol–water partition coefficient (Wildman–Crippen LogP) is 0.516. The van der Waals surface area contributed by atoms with Crippen molar-refractivity contribution in [2.45, 2.75) is 24.8 Å². The number of rotatable bonds is 5. The van der Waals surface area contributed by atoms with Crippen LogP contribution in [0.5, 0.6) is 5.75 Å². The van der Waals surface area contributed by atoms with Crippen molar-refractivity contribution in [1.82, 2.24) is 5.32 Å². The number of nitrogens with two attached hydrogens (primary N) is 1. The van der Waals surface area contributed by atoms with Crippen LogP contribution in [-0.4, -0.2) is 27.0 Å². The molecule has 20 heavy (non-hydrogen) atoms. The molecule has 0 aliphatic rings. The number of hydrogen-bond donors (Lipinski definition) is 2. The van der Waals surface area contributed by atoms with E-state index in [-0.39, 0.29) is 6.04 Å². The van der Waals surface area contributed by atoms with Crippen LogP contribution in [-0.2, 0) is 14.8 Å². The summed E-state index contributed by atoms with van der Waals surface area (Å²) in [6, 6.07) is 1.53. The van der Waals surface area contributed by atoms with Crippen LogP contribution in [0.3, 0.4) is 0 Å². The van der Waals surface area contributed by atoms with Crippen LogP contribution in [0.4, 0.5) is 8.78 Å². The number of amides is 1. The second-order valence-electron chi connectivity index (χ2n) is 4.25. The fourth-order valence-electron chi connectivity index (χ4n) is 1.35. The molecular formula is C11H14F2N2O4S. The number of primary sulfonamides is 1. The second-order valence-corrected chi connectivity index (χ2v) is 5.78. The maximum Gasteiger partial charge on any atom is 0.258 e. The summed E-state index contributed by atoms with van der Waals surface area (Å²) >= 11 is 0. The van der Waals surface area contributed by atoms with E-state index >= 15 is 0 Å². The third-order valence-corrected chi connectivity index (χ3v) is 3.05. The largest absolute Gasteiger partial charge is 0.481 e. The Balaban J connectivity index is 2.89. The van der Waals surface area contributed by atoms with Gasteiger partial charge in [0.1, 0.15) is 4.90 Å². The molecule has 1 amide bonds. The van der Waals surface area contributed by atoms with E-state index in [0.717, 1.165) is 12.1 Å². The quantitative estimate of drug-likeness (QED) is 0.828. The van der Waals surface area contributed by atoms with Crippen LogP contribution in [0.2, 0.25) is 0 Å². The van der Waals surface area contributed by atoms with Crippen LogP contribution in [0.1, 0.15) is 13.8 Å². The van der Waals surface area contributed by atoms with Gasteiger partial charge in [0.2, 0.25) is 15.8 Å². The summed E-state index contributed by atoms with van der Waals surface area (Å²) in [5.41, 5.74) is 0. The molecular weight excluding hydrogens is 294 g/mol. The first-order valence-electron chi connectivity index (χ1n) is 5.56. The van der Waals surface area contributed by atoms with Gasteiger partial charge in [-0.05, 0) is 26.0 Å². The Morgan fingerprint density at radius 2 is 1.95 bits per heavy atom. The maximum absolute atomic E-state index is 13.6. The number of nitrogens with one attached hydrogen (secondary N) is 1. The predicted molar refractivity (Wildman–Crippen MR) is 66.5 cm³/mol. The van der Waals surface area contributed by atoms with Crippen molar-refractivity contribution in [3.63, 3.8) is 0 Å². The number of carbonyl (C=O) groups is 1. The lowest BCUT2D eigenvalue weighted by molar-refractivity contribution is -0.123. The molecule has 9 heteroatoms. The van der Waals surface area contributed by atoms with Gasteiger partial charge in [-0.25, -0.2) is 17.9 Å². The summed E-state index contributed by atoms with van der Waals surface area (Å²) in [6.07, 6.45) is 0. The van der Waals surface area contributed by atoms with Crippen molar-refractivity contribution in [3.8, 4) is 5.75 Å². The van der Waals surface area contributed by atoms with Crippen LogP contribution >= 0.6 is 0 Å². The molecule has 0 bridgehead atoms. The first kappa shape index (κ1) is 16.3. The van der Waals surface area contributed by atoms with E-state index in [1.165, 1.54) is 0 Å². The lowest BCUT2D eigenvalue weighted by Crippen LogP contribution is -2.34. The highest BCUT2D eigenvalue weighted by Crippen LogP contribution is 2.24. The molecule has 6 nitrogen and oxygen atoms in total. The molecule has 0 spiro atoms. The Hall–Kier alpha value is -1.74. The molecule has 0 aliphatic carbocycles. The van der Waals surface area contributed by atoms with Gasteiger partial charge in [0.15, 0.2) is 18.2 Å². The van der Waals surface area contributed by atoms with Crippen LogP contribution < -0.4 is 15.2 Å². The molecule has 0 saturated carbocycles. The summed E-state index contributed by atoms with van der Waals surface area (Å²) in [4.78, 5) is 10.3. The van der Waals surface area contributed by atoms with E-state index < -0.39 is 44.8 Å². The summed E-state index contributed by atoms with van der Waals surface area (Å²) < 4.78 is 53.8. The molecule has 0 radical (unpaired) electrons. The summed E-state index contributed by atoms with van der Waals surface area (Å²) in [7, 11) is -4.37. The average molecular weight is 308 g/mol. The van der Waals surface area contributed by atoms with Gasteiger partial charge in [0.25, 0.3) is 5.91 Å². The van der Waals surface area contributed by atoms with Crippen LogP contribution in [0, 0.1) is 11.6 Å². The van der Waals surface area contributed by atoms with E-state index in [1.807, 2.05) is 0 Å². The lowest BCUT2D eigenvalue weighted by Gasteiger charge is -2.11. The Morgan fingerprint density at radius 3 is 2.45 bits per heavy atom. The third-order valence-electron chi connectivity index (χ3n) is 2.13. The molecule has 0 saturated heterocycles. The number of halogens is 2. The zero-order valence-electron chi connectivity index (χ0n) is 10.8. The third kappa shape index (κ3) is 4.14. The standard InChI is InChI=1S/C11H14F2N2O4S/c1-6(2)15-9(16)5-19-7-3-4-8(20(14,17)18)11(13)10(7)12/h3-4,6H,5H2,1-2H3,(H,15,16)(H2,14,17,18). The van der Waals surface area contributed by atoms with Crippen LogP contribution in [0.15, 0.2) is 17.0 Å². The van der Waals surface area contributed by atoms with Gasteiger partial charge in [0, 0.05) is 6.04 Å². The van der Waals surface area contributed by atoms with Crippen molar-refractivity contribution in [1.29, 1.82) is 0 Å². The minimum absolute atomic E-state index is 0.127. The highest BCUT2D eigenvalue weighted by Gasteiger charge is 2.21. The SMILES string of the molecule is CC(C)NC(=O)COc1ccc(S(N)(=O)=O)c(F)c1F. The zero-order valence-corrected chi connectivity index (χ0v) is 11.6. The molecule has 0 unspecified atom stereocenters. The first-order chi connectivity index (χ1) is 9.12. The minimum Gasteiger partial charge on any atom is -0.481 e. The number of sulfonamides is 1. The molecule has 0 aromatic heterocycles. The monoisotopic (exact) mass is 308 g/mol. The molecule has 0 heterocycles. The molecule has 112 valence electrons. The van der Waals surface area contributed by atoms with E-state index in [1.54, 1.807) is 13.8 Å². The molecule has 3 N–H and O–H groups in total. The van der Waals surface area contributed by atoms with Crippen molar-refractivity contribution < 1.29 is 26.7 Å². The number of ether oxygens (including phenoxy) is 1. The smallest absolute Gasteiger partial charge is 0.258 e. The second kappa shape index (κ2) is 6.14. The Bertz CT molecular complexity index is 617. The number of carbonyl (C=O) groups excluding carboxylic acids is 1. The average Bonchev–Trinajstić information content (AvgIpc) is 2.28. The molecule has 0 fully saturated rings. The van der Waals surface area contributed by atoms with E-state index in [9.17, 15) is 22.0 Å². The van der Waals surface area contributed by atoms with Gasteiger partial charge in [0.05, 0.1) is 0 Å². The van der Waals surface area contributed by atoms with Crippen molar-refractivity contribution >= 4 is 15.9 Å². The van der Waals surface area contributed by atoms with Gasteiger partial charge in [-0.1, -0.05) is 0 Å². The van der Waals surface area contributed by atoms with E-state index in [4.69, 9.17) is 9.88 Å². The lowest BCUT2D eigenvalue weighted by atomic mass is 10.3. The Morgan fingerprint density at radius 1 is 1.35 bits per heavy atom. The molecule has 1 rings (SSSR count). The van der Waals surface area contributed by atoms with Gasteiger partial charge < -0.3 is 10.1 Å². The molecule has 1 aromatic rings. The first-order valence-corrected chi connectivity index (χ1v) is 7.10. The highest BCUT2D eigenvalue weighted by atomic mass is 32.2. The van der Waals surface area contributed by atoms with E-state index in [2.05, 4.69) is 5.32 Å². The molecule has 0 aliphatic heterocycles. The summed E-state index contributed by atoms with van der Waals surface area (Å²) in [6.45, 7) is 2.92. The highest BCUT2D eigenvalue weighted by molar-refractivity contribution is 7.89. The van der Waals surface area contributed by atoms with Gasteiger partial charge in [-0.2, -0.15) is 4.39 Å².